The van der Waals surface area contributed by atoms with Crippen LogP contribution in [0, 0.1) is 18.3 Å². The number of nitrogens with one attached hydrogen (secondary N) is 1. The van der Waals surface area contributed by atoms with Crippen LogP contribution in [0.3, 0.4) is 0 Å². The summed E-state index contributed by atoms with van der Waals surface area (Å²) in [5, 5.41) is 12.9. The van der Waals surface area contributed by atoms with Crippen molar-refractivity contribution in [1.29, 1.82) is 0 Å². The van der Waals surface area contributed by atoms with E-state index in [1.165, 1.54) is 0 Å². The second-order valence-corrected chi connectivity index (χ2v) is 7.61. The Morgan fingerprint density at radius 3 is 2.54 bits per heavy atom. The number of aryl methyl sites for hydroxylation is 1. The molecule has 0 spiro atoms. The molecule has 0 radical (unpaired) electrons. The number of carbonyl (C=O) groups is 2. The number of likely N-dealkylation sites (tertiary alicyclic amines) is 2. The minimum atomic E-state index is -0.443. The second-order valence-electron chi connectivity index (χ2n) is 7.09. The van der Waals surface area contributed by atoms with Crippen molar-refractivity contribution in [1.82, 2.24) is 23.9 Å². The minimum Gasteiger partial charge on any atom is -0.396 e. The summed E-state index contributed by atoms with van der Waals surface area (Å²) in [6, 6.07) is -0.0362. The van der Waals surface area contributed by atoms with Gasteiger partial charge in [-0.3, -0.25) is 4.79 Å². The highest BCUT2D eigenvalue weighted by Gasteiger charge is 2.54. The van der Waals surface area contributed by atoms with Crippen LogP contribution in [0.1, 0.15) is 30.0 Å². The number of aliphatic hydroxyl groups excluding tert-OH is 1. The molecule has 2 N–H and O–H groups in total. The molecule has 2 aliphatic rings. The quantitative estimate of drug-likeness (QED) is 0.816. The summed E-state index contributed by atoms with van der Waals surface area (Å²) >= 11 is 1.03. The Kier molecular flexibility index (Phi) is 4.48. The second kappa shape index (κ2) is 6.29. The molecule has 2 fully saturated rings. The third-order valence-corrected chi connectivity index (χ3v) is 5.54. The first kappa shape index (κ1) is 17.1. The molecule has 0 aromatic carbocycles. The van der Waals surface area contributed by atoms with E-state index in [9.17, 15) is 14.7 Å². The summed E-state index contributed by atoms with van der Waals surface area (Å²) in [7, 11) is 0. The number of rotatable bonds is 3. The first-order valence-corrected chi connectivity index (χ1v) is 8.84. The third kappa shape index (κ3) is 2.86. The molecule has 2 saturated heterocycles. The summed E-state index contributed by atoms with van der Waals surface area (Å²) < 4.78 is 8.14. The van der Waals surface area contributed by atoms with Gasteiger partial charge in [0, 0.05) is 43.6 Å². The smallest absolute Gasteiger partial charge is 0.317 e. The molecular formula is C15H23N5O3S. The maximum atomic E-state index is 12.6. The molecule has 1 aromatic rings. The average Bonchev–Trinajstić information content (AvgIpc) is 3.17. The van der Waals surface area contributed by atoms with Crippen LogP contribution in [0.25, 0.3) is 0 Å². The first-order valence-electron chi connectivity index (χ1n) is 8.11. The van der Waals surface area contributed by atoms with Crippen molar-refractivity contribution in [2.24, 2.45) is 11.3 Å². The monoisotopic (exact) mass is 353 g/mol. The number of carbonyl (C=O) groups excluding carboxylic acids is 2. The molecule has 1 aromatic heterocycles. The summed E-state index contributed by atoms with van der Waals surface area (Å²) in [6.07, 6.45) is 0. The van der Waals surface area contributed by atoms with E-state index in [1.807, 2.05) is 13.8 Å². The molecule has 3 rings (SSSR count). The zero-order valence-corrected chi connectivity index (χ0v) is 15.0. The van der Waals surface area contributed by atoms with Gasteiger partial charge in [-0.05, 0) is 20.8 Å². The van der Waals surface area contributed by atoms with Crippen molar-refractivity contribution in [2.75, 3.05) is 32.8 Å². The van der Waals surface area contributed by atoms with Gasteiger partial charge < -0.3 is 20.2 Å². The lowest BCUT2D eigenvalue weighted by molar-refractivity contribution is 0.0724. The van der Waals surface area contributed by atoms with E-state index in [4.69, 9.17) is 0 Å². The lowest BCUT2D eigenvalue weighted by Crippen LogP contribution is -2.45. The average molecular weight is 353 g/mol. The molecule has 0 bridgehead atoms. The van der Waals surface area contributed by atoms with E-state index >= 15 is 0 Å². The molecule has 3 amide bonds. The highest BCUT2D eigenvalue weighted by molar-refractivity contribution is 6.99. The van der Waals surface area contributed by atoms with E-state index in [-0.39, 0.29) is 30.5 Å². The van der Waals surface area contributed by atoms with Crippen molar-refractivity contribution in [3.63, 3.8) is 0 Å². The fourth-order valence-electron chi connectivity index (χ4n) is 3.63. The van der Waals surface area contributed by atoms with E-state index < -0.39 is 5.41 Å². The number of aliphatic hydroxyl groups is 1. The Morgan fingerprint density at radius 2 is 2.00 bits per heavy atom. The van der Waals surface area contributed by atoms with Crippen LogP contribution in [-0.2, 0) is 0 Å². The van der Waals surface area contributed by atoms with Gasteiger partial charge in [-0.15, -0.1) is 0 Å². The standard InChI is InChI=1S/C15H23N5O3S/c1-9(2)16-14(23)20-5-11-4-19(6-15(11,7-20)8-21)13(22)12-10(3)17-24-18-12/h9,11,21H,4-8H2,1-3H3,(H,16,23). The summed E-state index contributed by atoms with van der Waals surface area (Å²) in [5.74, 6) is -0.0575. The van der Waals surface area contributed by atoms with Crippen LogP contribution >= 0.6 is 11.7 Å². The summed E-state index contributed by atoms with van der Waals surface area (Å²) in [4.78, 5) is 28.3. The number of hydrogen-bond acceptors (Lipinski definition) is 6. The van der Waals surface area contributed by atoms with E-state index in [1.54, 1.807) is 16.7 Å². The fraction of sp³-hybridized carbons (Fsp3) is 0.733. The predicted molar refractivity (Wildman–Crippen MR) is 88.8 cm³/mol. The molecule has 2 aliphatic heterocycles. The van der Waals surface area contributed by atoms with Gasteiger partial charge in [0.05, 0.1) is 24.0 Å². The molecule has 132 valence electrons. The Labute approximate surface area is 145 Å². The Balaban J connectivity index is 1.71. The van der Waals surface area contributed by atoms with Crippen molar-refractivity contribution < 1.29 is 14.7 Å². The zero-order valence-electron chi connectivity index (χ0n) is 14.2. The van der Waals surface area contributed by atoms with Crippen molar-refractivity contribution >= 4 is 23.7 Å². The van der Waals surface area contributed by atoms with Gasteiger partial charge in [0.2, 0.25) is 0 Å². The Hall–Kier alpha value is -1.74. The molecule has 2 atom stereocenters. The summed E-state index contributed by atoms with van der Waals surface area (Å²) in [5.41, 5.74) is 0.585. The molecule has 2 unspecified atom stereocenters. The molecule has 8 nitrogen and oxygen atoms in total. The number of hydrogen-bond donors (Lipinski definition) is 2. The summed E-state index contributed by atoms with van der Waals surface area (Å²) in [6.45, 7) is 7.55. The number of urea groups is 1. The van der Waals surface area contributed by atoms with Crippen LogP contribution < -0.4 is 5.32 Å². The maximum absolute atomic E-state index is 12.6. The van der Waals surface area contributed by atoms with Crippen LogP contribution in [0.2, 0.25) is 0 Å². The molecule has 0 aliphatic carbocycles. The largest absolute Gasteiger partial charge is 0.396 e. The molecule has 9 heteroatoms. The third-order valence-electron chi connectivity index (χ3n) is 4.92. The van der Waals surface area contributed by atoms with Crippen LogP contribution in [-0.4, -0.2) is 74.4 Å². The highest BCUT2D eigenvalue weighted by atomic mass is 32.1. The number of fused-ring (bicyclic) bond motifs is 1. The predicted octanol–water partition coefficient (Wildman–Crippen LogP) is 0.331. The van der Waals surface area contributed by atoms with Gasteiger partial charge in [0.25, 0.3) is 5.91 Å². The first-order chi connectivity index (χ1) is 11.4. The van der Waals surface area contributed by atoms with E-state index in [2.05, 4.69) is 14.1 Å². The highest BCUT2D eigenvalue weighted by Crippen LogP contribution is 2.42. The van der Waals surface area contributed by atoms with Gasteiger partial charge in [-0.1, -0.05) is 0 Å². The Bertz CT molecular complexity index is 649. The molecular weight excluding hydrogens is 330 g/mol. The lowest BCUT2D eigenvalue weighted by Gasteiger charge is -2.27. The van der Waals surface area contributed by atoms with E-state index in [0.717, 1.165) is 11.7 Å². The number of aromatic nitrogens is 2. The fourth-order valence-corrected chi connectivity index (χ4v) is 4.17. The SMILES string of the molecule is Cc1nsnc1C(=O)N1CC2CN(C(=O)NC(C)C)CC2(CO)C1. The number of amides is 3. The van der Waals surface area contributed by atoms with Gasteiger partial charge in [-0.2, -0.15) is 8.75 Å². The molecule has 3 heterocycles. The topological polar surface area (TPSA) is 98.7 Å². The molecule has 0 saturated carbocycles. The van der Waals surface area contributed by atoms with Crippen LogP contribution in [0.5, 0.6) is 0 Å². The molecule has 24 heavy (non-hydrogen) atoms. The maximum Gasteiger partial charge on any atom is 0.317 e. The van der Waals surface area contributed by atoms with Gasteiger partial charge in [-0.25, -0.2) is 4.79 Å². The van der Waals surface area contributed by atoms with Gasteiger partial charge in [0.1, 0.15) is 0 Å². The minimum absolute atomic E-state index is 0.0405. The van der Waals surface area contributed by atoms with Crippen LogP contribution in [0.15, 0.2) is 0 Å². The lowest BCUT2D eigenvalue weighted by atomic mass is 9.82. The normalized spacial score (nSPS) is 26.1. The Morgan fingerprint density at radius 1 is 1.33 bits per heavy atom. The van der Waals surface area contributed by atoms with Crippen molar-refractivity contribution in [3.8, 4) is 0 Å². The van der Waals surface area contributed by atoms with Crippen LogP contribution in [0.4, 0.5) is 4.79 Å². The van der Waals surface area contributed by atoms with Gasteiger partial charge in [0.15, 0.2) is 5.69 Å². The van der Waals surface area contributed by atoms with Crippen molar-refractivity contribution in [2.45, 2.75) is 26.8 Å². The van der Waals surface area contributed by atoms with Crippen molar-refractivity contribution in [3.05, 3.63) is 11.4 Å². The van der Waals surface area contributed by atoms with Gasteiger partial charge >= 0.3 is 6.03 Å². The van der Waals surface area contributed by atoms with E-state index in [0.29, 0.717) is 37.6 Å². The zero-order chi connectivity index (χ0) is 17.5. The number of nitrogens with zero attached hydrogens (tertiary/aromatic N) is 4.